The molecule has 7 nitrogen and oxygen atoms in total. The van der Waals surface area contributed by atoms with Gasteiger partial charge in [0.25, 0.3) is 10.4 Å². The third kappa shape index (κ3) is 2.83. The van der Waals surface area contributed by atoms with Crippen LogP contribution in [0, 0.1) is 19.3 Å². The maximum Gasteiger partial charge on any atom is 0.283 e. The Labute approximate surface area is 98.9 Å². The standard InChI is InChI=1S/C7H7N5O2S2/c1-3-9-11-6(13-3)15-5(8)16-7-12-10-4(2)14-7/h8H,1-2H3. The van der Waals surface area contributed by atoms with Crippen LogP contribution in [0.2, 0.25) is 0 Å². The number of hydrogen-bond acceptors (Lipinski definition) is 9. The van der Waals surface area contributed by atoms with Crippen LogP contribution in [0.3, 0.4) is 0 Å². The lowest BCUT2D eigenvalue weighted by Crippen LogP contribution is -1.83. The van der Waals surface area contributed by atoms with Crippen LogP contribution in [0.25, 0.3) is 0 Å². The summed E-state index contributed by atoms with van der Waals surface area (Å²) in [6.45, 7) is 3.38. The first-order valence-electron chi connectivity index (χ1n) is 4.18. The van der Waals surface area contributed by atoms with Crippen LogP contribution in [0.4, 0.5) is 0 Å². The molecule has 0 saturated heterocycles. The first-order valence-corrected chi connectivity index (χ1v) is 5.81. The van der Waals surface area contributed by atoms with E-state index in [1.807, 2.05) is 0 Å². The van der Waals surface area contributed by atoms with Crippen molar-refractivity contribution in [2.45, 2.75) is 24.3 Å². The van der Waals surface area contributed by atoms with E-state index in [2.05, 4.69) is 20.4 Å². The van der Waals surface area contributed by atoms with E-state index in [1.54, 1.807) is 13.8 Å². The zero-order valence-electron chi connectivity index (χ0n) is 8.42. The Morgan fingerprint density at radius 2 is 1.38 bits per heavy atom. The lowest BCUT2D eigenvalue weighted by atomic mass is 10.8. The zero-order valence-corrected chi connectivity index (χ0v) is 10.1. The Morgan fingerprint density at radius 1 is 0.938 bits per heavy atom. The molecular formula is C7H7N5O2S2. The molecule has 0 amide bonds. The topological polar surface area (TPSA) is 102 Å². The molecule has 0 aliphatic heterocycles. The van der Waals surface area contributed by atoms with Gasteiger partial charge in [-0.1, -0.05) is 0 Å². The minimum atomic E-state index is 0.229. The monoisotopic (exact) mass is 257 g/mol. The summed E-state index contributed by atoms with van der Waals surface area (Å²) in [6, 6.07) is 0. The van der Waals surface area contributed by atoms with Crippen molar-refractivity contribution in [1.82, 2.24) is 20.4 Å². The van der Waals surface area contributed by atoms with Gasteiger partial charge >= 0.3 is 0 Å². The normalized spacial score (nSPS) is 10.6. The van der Waals surface area contributed by atoms with Crippen LogP contribution in [-0.4, -0.2) is 24.8 Å². The average Bonchev–Trinajstić information content (AvgIpc) is 2.76. The Kier molecular flexibility index (Phi) is 3.25. The number of aromatic nitrogens is 4. The Hall–Kier alpha value is -1.35. The number of rotatable bonds is 2. The molecule has 84 valence electrons. The van der Waals surface area contributed by atoms with Crippen molar-refractivity contribution in [1.29, 1.82) is 5.41 Å². The quantitative estimate of drug-likeness (QED) is 0.494. The van der Waals surface area contributed by atoms with Crippen molar-refractivity contribution in [2.75, 3.05) is 0 Å². The summed E-state index contributed by atoms with van der Waals surface area (Å²) < 4.78 is 10.5. The summed E-state index contributed by atoms with van der Waals surface area (Å²) in [5.74, 6) is 0.933. The largest absolute Gasteiger partial charge is 0.416 e. The third-order valence-corrected chi connectivity index (χ3v) is 2.92. The minimum absolute atomic E-state index is 0.229. The lowest BCUT2D eigenvalue weighted by Gasteiger charge is -1.93. The summed E-state index contributed by atoms with van der Waals surface area (Å²) in [5.41, 5.74) is 0. The Morgan fingerprint density at radius 3 is 1.69 bits per heavy atom. The molecule has 2 aromatic rings. The molecule has 0 radical (unpaired) electrons. The lowest BCUT2D eigenvalue weighted by molar-refractivity contribution is 0.430. The number of aryl methyl sites for hydroxylation is 2. The highest BCUT2D eigenvalue weighted by atomic mass is 32.2. The van der Waals surface area contributed by atoms with Crippen molar-refractivity contribution in [3.8, 4) is 0 Å². The van der Waals surface area contributed by atoms with Gasteiger partial charge in [0.1, 0.15) is 4.38 Å². The van der Waals surface area contributed by atoms with E-state index in [-0.39, 0.29) is 4.38 Å². The van der Waals surface area contributed by atoms with Gasteiger partial charge in [-0.25, -0.2) is 0 Å². The van der Waals surface area contributed by atoms with Gasteiger partial charge in [0.05, 0.1) is 0 Å². The fourth-order valence-corrected chi connectivity index (χ4v) is 2.22. The van der Waals surface area contributed by atoms with Crippen LogP contribution in [-0.2, 0) is 0 Å². The molecule has 0 spiro atoms. The van der Waals surface area contributed by atoms with Gasteiger partial charge in [0.15, 0.2) is 0 Å². The van der Waals surface area contributed by atoms with Crippen molar-refractivity contribution >= 4 is 27.9 Å². The van der Waals surface area contributed by atoms with E-state index in [0.29, 0.717) is 22.2 Å². The predicted molar refractivity (Wildman–Crippen MR) is 57.5 cm³/mol. The second-order valence-electron chi connectivity index (χ2n) is 2.67. The Balaban J connectivity index is 1.94. The molecule has 0 aliphatic carbocycles. The number of nitrogens with one attached hydrogen (secondary N) is 1. The highest BCUT2D eigenvalue weighted by Crippen LogP contribution is 2.28. The van der Waals surface area contributed by atoms with Crippen LogP contribution in [0.15, 0.2) is 19.3 Å². The molecule has 0 atom stereocenters. The molecule has 0 bridgehead atoms. The van der Waals surface area contributed by atoms with Crippen molar-refractivity contribution in [2.24, 2.45) is 0 Å². The summed E-state index contributed by atoms with van der Waals surface area (Å²) >= 11 is 2.09. The molecule has 0 saturated carbocycles. The molecular weight excluding hydrogens is 250 g/mol. The highest BCUT2D eigenvalue weighted by Gasteiger charge is 2.12. The molecule has 0 unspecified atom stereocenters. The molecule has 2 rings (SSSR count). The van der Waals surface area contributed by atoms with Crippen LogP contribution >= 0.6 is 23.5 Å². The number of hydrogen-bond donors (Lipinski definition) is 1. The van der Waals surface area contributed by atoms with E-state index in [0.717, 1.165) is 23.5 Å². The zero-order chi connectivity index (χ0) is 11.5. The van der Waals surface area contributed by atoms with E-state index in [1.165, 1.54) is 0 Å². The predicted octanol–water partition coefficient (Wildman–Crippen LogP) is 1.89. The van der Waals surface area contributed by atoms with E-state index in [9.17, 15) is 0 Å². The Bertz CT molecular complexity index is 464. The van der Waals surface area contributed by atoms with Crippen LogP contribution in [0.5, 0.6) is 0 Å². The molecule has 1 N–H and O–H groups in total. The highest BCUT2D eigenvalue weighted by molar-refractivity contribution is 8.38. The van der Waals surface area contributed by atoms with Gasteiger partial charge in [-0.05, 0) is 23.5 Å². The van der Waals surface area contributed by atoms with Crippen molar-refractivity contribution in [3.63, 3.8) is 0 Å². The summed E-state index contributed by atoms with van der Waals surface area (Å²) in [7, 11) is 0. The maximum absolute atomic E-state index is 7.65. The fraction of sp³-hybridized carbons (Fsp3) is 0.286. The molecule has 16 heavy (non-hydrogen) atoms. The van der Waals surface area contributed by atoms with Gasteiger partial charge in [0, 0.05) is 13.8 Å². The summed E-state index contributed by atoms with van der Waals surface area (Å²) in [5, 5.41) is 23.1. The fourth-order valence-electron chi connectivity index (χ4n) is 0.819. The molecule has 9 heteroatoms. The van der Waals surface area contributed by atoms with Crippen molar-refractivity contribution < 1.29 is 8.83 Å². The molecule has 0 aromatic carbocycles. The molecule has 2 aromatic heterocycles. The van der Waals surface area contributed by atoms with E-state index < -0.39 is 0 Å². The smallest absolute Gasteiger partial charge is 0.283 e. The summed E-state index contributed by atoms with van der Waals surface area (Å²) in [6.07, 6.45) is 0. The number of nitrogens with zero attached hydrogens (tertiary/aromatic N) is 4. The van der Waals surface area contributed by atoms with Crippen LogP contribution in [0.1, 0.15) is 11.8 Å². The number of thioether (sulfide) groups is 2. The van der Waals surface area contributed by atoms with Crippen molar-refractivity contribution in [3.05, 3.63) is 11.8 Å². The molecule has 0 fully saturated rings. The maximum atomic E-state index is 7.65. The first-order chi connectivity index (χ1) is 7.63. The van der Waals surface area contributed by atoms with Gasteiger partial charge in [-0.15, -0.1) is 20.4 Å². The van der Waals surface area contributed by atoms with Crippen LogP contribution < -0.4 is 0 Å². The van der Waals surface area contributed by atoms with E-state index >= 15 is 0 Å². The minimum Gasteiger partial charge on any atom is -0.416 e. The molecule has 2 heterocycles. The second-order valence-corrected chi connectivity index (χ2v) is 4.85. The SMILES string of the molecule is Cc1nnc(SC(=N)Sc2nnc(C)o2)o1. The third-order valence-electron chi connectivity index (χ3n) is 1.37. The first kappa shape index (κ1) is 11.1. The second kappa shape index (κ2) is 4.66. The summed E-state index contributed by atoms with van der Waals surface area (Å²) in [4.78, 5) is 0. The van der Waals surface area contributed by atoms with Gasteiger partial charge in [-0.3, -0.25) is 5.41 Å². The molecule has 0 aliphatic rings. The van der Waals surface area contributed by atoms with E-state index in [4.69, 9.17) is 14.2 Å². The van der Waals surface area contributed by atoms with Gasteiger partial charge in [-0.2, -0.15) is 0 Å². The van der Waals surface area contributed by atoms with Gasteiger partial charge in [0.2, 0.25) is 11.8 Å². The average molecular weight is 257 g/mol. The van der Waals surface area contributed by atoms with Gasteiger partial charge < -0.3 is 8.83 Å².